The number of fused-ring (bicyclic) bond motifs is 1. The minimum atomic E-state index is -5.06. The van der Waals surface area contributed by atoms with Gasteiger partial charge in [-0.3, -0.25) is 18.9 Å². The quantitative estimate of drug-likeness (QED) is 0.114. The Morgan fingerprint density at radius 1 is 1.26 bits per heavy atom. The van der Waals surface area contributed by atoms with Crippen molar-refractivity contribution in [1.29, 1.82) is 0 Å². The van der Waals surface area contributed by atoms with Gasteiger partial charge in [0, 0.05) is 23.3 Å². The number of ether oxygens (including phenoxy) is 2. The number of anilines is 1. The largest absolute Gasteiger partial charge is 0.490 e. The third-order valence-electron chi connectivity index (χ3n) is 6.50. The van der Waals surface area contributed by atoms with Crippen LogP contribution in [-0.4, -0.2) is 64.2 Å². The van der Waals surface area contributed by atoms with Gasteiger partial charge in [-0.1, -0.05) is 23.5 Å². The molecular weight excluding hydrogens is 620 g/mol. The molecule has 5 rings (SSSR count). The molecule has 20 heteroatoms. The smallest absolute Gasteiger partial charge is 0.480 e. The van der Waals surface area contributed by atoms with E-state index < -0.39 is 52.1 Å². The number of benzene rings is 1. The normalized spacial score (nSPS) is 23.5. The fourth-order valence-electron chi connectivity index (χ4n) is 4.38. The number of aromatic amines is 1. The molecule has 1 aliphatic heterocycles. The van der Waals surface area contributed by atoms with Crippen LogP contribution in [0.4, 0.5) is 5.95 Å². The number of hydrogen-bond acceptors (Lipinski definition) is 11. The maximum absolute atomic E-state index is 12.8. The molecule has 42 heavy (non-hydrogen) atoms. The number of aromatic nitrogens is 6. The molecule has 1 fully saturated rings. The monoisotopic (exact) mass is 646 g/mol. The van der Waals surface area contributed by atoms with Crippen LogP contribution in [0.1, 0.15) is 13.2 Å². The van der Waals surface area contributed by atoms with E-state index in [1.54, 1.807) is 35.8 Å². The van der Waals surface area contributed by atoms with Crippen molar-refractivity contribution < 1.29 is 46.9 Å². The van der Waals surface area contributed by atoms with Crippen molar-refractivity contribution in [3.63, 3.8) is 0 Å². The number of halogens is 1. The summed E-state index contributed by atoms with van der Waals surface area (Å²) in [6.45, 7) is 1.39. The molecule has 0 amide bonds. The highest BCUT2D eigenvalue weighted by atomic mass is 35.5. The van der Waals surface area contributed by atoms with Crippen LogP contribution in [0.5, 0.6) is 5.75 Å². The second kappa shape index (κ2) is 11.9. The second-order valence-electron chi connectivity index (χ2n) is 9.34. The molecule has 17 nitrogen and oxygen atoms in total. The number of nitrogens with zero attached hydrogens (tertiary/aromatic N) is 5. The first-order valence-corrected chi connectivity index (χ1v) is 15.8. The van der Waals surface area contributed by atoms with E-state index in [4.69, 9.17) is 31.3 Å². The van der Waals surface area contributed by atoms with Crippen molar-refractivity contribution in [2.45, 2.75) is 31.9 Å². The van der Waals surface area contributed by atoms with Crippen LogP contribution < -0.4 is 20.6 Å². The zero-order chi connectivity index (χ0) is 30.2. The predicted molar refractivity (Wildman–Crippen MR) is 145 cm³/mol. The lowest BCUT2D eigenvalue weighted by molar-refractivity contribution is -0.746. The van der Waals surface area contributed by atoms with Gasteiger partial charge in [0.25, 0.3) is 11.5 Å². The average Bonchev–Trinajstić information content (AvgIpc) is 3.64. The van der Waals surface area contributed by atoms with E-state index in [1.165, 1.54) is 17.1 Å². The van der Waals surface area contributed by atoms with E-state index in [0.717, 1.165) is 12.5 Å². The molecule has 1 aromatic carbocycles. The van der Waals surface area contributed by atoms with Crippen molar-refractivity contribution in [2.75, 3.05) is 18.9 Å². The predicted octanol–water partition coefficient (Wildman–Crippen LogP) is 1.20. The maximum Gasteiger partial charge on any atom is 0.480 e. The van der Waals surface area contributed by atoms with Crippen LogP contribution in [-0.2, 0) is 29.2 Å². The molecule has 226 valence electrons. The van der Waals surface area contributed by atoms with E-state index in [1.807, 2.05) is 0 Å². The number of nitrogens with one attached hydrogen (secondary N) is 1. The number of phosphoric ester groups is 1. The Kier molecular flexibility index (Phi) is 8.58. The van der Waals surface area contributed by atoms with Gasteiger partial charge in [-0.05, 0) is 24.3 Å². The number of phosphoric acid groups is 1. The first-order chi connectivity index (χ1) is 19.8. The summed E-state index contributed by atoms with van der Waals surface area (Å²) in [6, 6.07) is 6.75. The van der Waals surface area contributed by atoms with Crippen LogP contribution in [0.15, 0.2) is 54.1 Å². The summed E-state index contributed by atoms with van der Waals surface area (Å²) in [4.78, 5) is 43.1. The van der Waals surface area contributed by atoms with Gasteiger partial charge in [0.2, 0.25) is 11.7 Å². The van der Waals surface area contributed by atoms with E-state index >= 15 is 0 Å². The number of rotatable bonds is 11. The molecule has 0 bridgehead atoms. The van der Waals surface area contributed by atoms with Gasteiger partial charge in [-0.2, -0.15) is 4.31 Å². The fourth-order valence-corrected chi connectivity index (χ4v) is 6.86. The molecule has 4 aromatic rings. The first kappa shape index (κ1) is 30.4. The van der Waals surface area contributed by atoms with Gasteiger partial charge < -0.3 is 30.1 Å². The number of aliphatic hydroxyl groups excluding tert-OH is 1. The molecule has 0 aliphatic carbocycles. The lowest BCUT2D eigenvalue weighted by atomic mass is 10.0. The summed E-state index contributed by atoms with van der Waals surface area (Å²) < 4.78 is 49.5. The van der Waals surface area contributed by atoms with Gasteiger partial charge in [-0.15, -0.1) is 0 Å². The Labute approximate surface area is 242 Å². The van der Waals surface area contributed by atoms with Gasteiger partial charge in [0.15, 0.2) is 6.33 Å². The topological polar surface area (TPSA) is 230 Å². The Hall–Kier alpha value is -3.11. The molecule has 0 saturated carbocycles. The number of hydrogen-bond donors (Lipinski definition) is 5. The minimum absolute atomic E-state index is 0.110. The zero-order valence-electron chi connectivity index (χ0n) is 21.8. The molecule has 1 aliphatic rings. The summed E-state index contributed by atoms with van der Waals surface area (Å²) in [6.07, 6.45) is 1.43. The average molecular weight is 647 g/mol. The van der Waals surface area contributed by atoms with Crippen molar-refractivity contribution in [3.05, 3.63) is 64.7 Å². The molecular formula is C22H27ClN7O10P2+. The maximum atomic E-state index is 12.8. The zero-order valence-corrected chi connectivity index (χ0v) is 24.4. The Morgan fingerprint density at radius 2 is 2.00 bits per heavy atom. The van der Waals surface area contributed by atoms with Gasteiger partial charge >= 0.3 is 21.2 Å². The van der Waals surface area contributed by atoms with Crippen LogP contribution in [0.2, 0.25) is 5.02 Å². The molecule has 6 N–H and O–H groups in total. The summed E-state index contributed by atoms with van der Waals surface area (Å²) in [5, 5.41) is 11.6. The standard InChI is InChI=1S/C22H26ClN7O10P2/c1-13-16(10-38-42(35,36)40-41(33,34)29-7-6-25-11-29)39-21(18(13)31)30-12-28(17-19(30)26-22(24)27-20(17)32)8-9-37-15-4-2-14(23)3-5-15/h2-7,11-13,16,18,21,31H,8-10H2,1H3,(H4-,24,26,27,32,33,34,35,36)/p+1/t13-,16-,18-,21-/m1/s1. The number of nitrogen functional groups attached to an aromatic ring is 1. The molecule has 0 spiro atoms. The Morgan fingerprint density at radius 3 is 2.69 bits per heavy atom. The number of aliphatic hydroxyl groups is 1. The summed E-state index contributed by atoms with van der Waals surface area (Å²) >= 11 is 5.91. The van der Waals surface area contributed by atoms with E-state index in [9.17, 15) is 28.8 Å². The van der Waals surface area contributed by atoms with Crippen molar-refractivity contribution in [2.24, 2.45) is 5.92 Å². The Bertz CT molecular complexity index is 1710. The van der Waals surface area contributed by atoms with Crippen molar-refractivity contribution >= 4 is 44.3 Å². The number of H-pyrrole nitrogens is 1. The Balaban J connectivity index is 1.32. The van der Waals surface area contributed by atoms with Crippen LogP contribution >= 0.6 is 27.2 Å². The summed E-state index contributed by atoms with van der Waals surface area (Å²) in [7, 11) is -9.85. The molecule has 6 atom stereocenters. The van der Waals surface area contributed by atoms with Crippen molar-refractivity contribution in [1.82, 2.24) is 23.9 Å². The summed E-state index contributed by atoms with van der Waals surface area (Å²) in [5.41, 5.74) is 5.50. The summed E-state index contributed by atoms with van der Waals surface area (Å²) in [5.74, 6) is -0.261. The molecule has 3 aromatic heterocycles. The highest BCUT2D eigenvalue weighted by molar-refractivity contribution is 7.63. The highest BCUT2D eigenvalue weighted by Crippen LogP contribution is 2.60. The minimum Gasteiger partial charge on any atom is -0.490 e. The lowest BCUT2D eigenvalue weighted by Crippen LogP contribution is -2.45. The number of imidazole rings is 2. The van der Waals surface area contributed by atoms with Crippen molar-refractivity contribution in [3.8, 4) is 5.75 Å². The molecule has 2 unspecified atom stereocenters. The van der Waals surface area contributed by atoms with Crippen LogP contribution in [0, 0.1) is 5.92 Å². The van der Waals surface area contributed by atoms with E-state index in [0.29, 0.717) is 15.1 Å². The van der Waals surface area contributed by atoms with Crippen LogP contribution in [0.3, 0.4) is 0 Å². The molecule has 1 saturated heterocycles. The number of nitrogens with two attached hydrogens (primary N) is 1. The van der Waals surface area contributed by atoms with Gasteiger partial charge in [0.05, 0.1) is 12.7 Å². The lowest BCUT2D eigenvalue weighted by Gasteiger charge is -2.19. The van der Waals surface area contributed by atoms with Gasteiger partial charge in [0.1, 0.15) is 31.3 Å². The second-order valence-corrected chi connectivity index (χ2v) is 13.1. The van der Waals surface area contributed by atoms with Crippen LogP contribution in [0.25, 0.3) is 11.2 Å². The third-order valence-corrected chi connectivity index (χ3v) is 9.73. The first-order valence-electron chi connectivity index (χ1n) is 12.4. The van der Waals surface area contributed by atoms with Gasteiger partial charge in [-0.25, -0.2) is 23.0 Å². The molecule has 4 heterocycles. The molecule has 0 radical (unpaired) electrons. The van der Waals surface area contributed by atoms with E-state index in [-0.39, 0.29) is 30.3 Å². The third kappa shape index (κ3) is 6.44. The highest BCUT2D eigenvalue weighted by Gasteiger charge is 2.47. The SMILES string of the molecule is C[C@H]1[C@@H](O)[C@H]([n+]2cn(CCOc3ccc(Cl)cc3)c3c(=O)[nH]c(N)nc32)O[C@@H]1COP(=O)(O)OP(=O)(O)n1ccnc1. The van der Waals surface area contributed by atoms with E-state index in [2.05, 4.69) is 19.3 Å². The fraction of sp³-hybridized carbons (Fsp3) is 0.364.